The second kappa shape index (κ2) is 8.85. The summed E-state index contributed by atoms with van der Waals surface area (Å²) in [6.45, 7) is 4.40. The lowest BCUT2D eigenvalue weighted by molar-refractivity contribution is 0.210. The van der Waals surface area contributed by atoms with Gasteiger partial charge in [-0.25, -0.2) is 0 Å². The summed E-state index contributed by atoms with van der Waals surface area (Å²) in [5.74, 6) is 1.63. The minimum Gasteiger partial charge on any atom is -0.493 e. The molecule has 0 spiro atoms. The fourth-order valence-electron chi connectivity index (χ4n) is 2.19. The van der Waals surface area contributed by atoms with E-state index in [2.05, 4.69) is 6.58 Å². The van der Waals surface area contributed by atoms with Crippen LogP contribution in [0.1, 0.15) is 11.1 Å². The smallest absolute Gasteiger partial charge is 0.179 e. The SMILES string of the molecule is C=CCc1ccccc1OCCOc1c(Cl)cc(C#N)cc1OC. The van der Waals surface area contributed by atoms with Gasteiger partial charge in [-0.2, -0.15) is 5.26 Å². The molecule has 0 aliphatic rings. The third-order valence-corrected chi connectivity index (χ3v) is 3.56. The van der Waals surface area contributed by atoms with Crippen molar-refractivity contribution in [3.05, 3.63) is 65.2 Å². The molecule has 0 radical (unpaired) electrons. The molecule has 0 saturated carbocycles. The summed E-state index contributed by atoms with van der Waals surface area (Å²) in [4.78, 5) is 0. The molecule has 24 heavy (non-hydrogen) atoms. The van der Waals surface area contributed by atoms with Gasteiger partial charge >= 0.3 is 0 Å². The molecule has 0 amide bonds. The number of ether oxygens (including phenoxy) is 3. The van der Waals surface area contributed by atoms with E-state index in [4.69, 9.17) is 31.1 Å². The fourth-order valence-corrected chi connectivity index (χ4v) is 2.45. The van der Waals surface area contributed by atoms with Crippen LogP contribution in [-0.2, 0) is 6.42 Å². The Morgan fingerprint density at radius 3 is 2.62 bits per heavy atom. The Morgan fingerprint density at radius 1 is 1.17 bits per heavy atom. The molecular weight excluding hydrogens is 326 g/mol. The van der Waals surface area contributed by atoms with Gasteiger partial charge in [-0.05, 0) is 24.1 Å². The maximum Gasteiger partial charge on any atom is 0.179 e. The summed E-state index contributed by atoms with van der Waals surface area (Å²) in [6.07, 6.45) is 2.58. The van der Waals surface area contributed by atoms with E-state index in [9.17, 15) is 0 Å². The van der Waals surface area contributed by atoms with Crippen LogP contribution in [0.4, 0.5) is 0 Å². The summed E-state index contributed by atoms with van der Waals surface area (Å²) < 4.78 is 16.7. The van der Waals surface area contributed by atoms with Crippen molar-refractivity contribution in [2.24, 2.45) is 0 Å². The van der Waals surface area contributed by atoms with Gasteiger partial charge in [0.25, 0.3) is 0 Å². The van der Waals surface area contributed by atoms with Crippen molar-refractivity contribution in [3.63, 3.8) is 0 Å². The lowest BCUT2D eigenvalue weighted by atomic mass is 10.1. The summed E-state index contributed by atoms with van der Waals surface area (Å²) in [5, 5.41) is 9.28. The highest BCUT2D eigenvalue weighted by molar-refractivity contribution is 6.32. The number of nitriles is 1. The number of hydrogen-bond acceptors (Lipinski definition) is 4. The Balaban J connectivity index is 1.98. The van der Waals surface area contributed by atoms with Crippen LogP contribution in [0.25, 0.3) is 0 Å². The first-order chi connectivity index (χ1) is 11.7. The van der Waals surface area contributed by atoms with Gasteiger partial charge in [-0.3, -0.25) is 0 Å². The largest absolute Gasteiger partial charge is 0.493 e. The van der Waals surface area contributed by atoms with Gasteiger partial charge in [-0.1, -0.05) is 35.9 Å². The summed E-state index contributed by atoms with van der Waals surface area (Å²) >= 11 is 6.15. The van der Waals surface area contributed by atoms with Crippen molar-refractivity contribution in [1.29, 1.82) is 5.26 Å². The Morgan fingerprint density at radius 2 is 1.92 bits per heavy atom. The lowest BCUT2D eigenvalue weighted by Gasteiger charge is -2.14. The predicted octanol–water partition coefficient (Wildman–Crippen LogP) is 4.41. The van der Waals surface area contributed by atoms with Gasteiger partial charge in [0.1, 0.15) is 19.0 Å². The van der Waals surface area contributed by atoms with Crippen LogP contribution in [0.3, 0.4) is 0 Å². The van der Waals surface area contributed by atoms with Gasteiger partial charge in [-0.15, -0.1) is 6.58 Å². The molecule has 0 saturated heterocycles. The fraction of sp³-hybridized carbons (Fsp3) is 0.211. The average molecular weight is 344 g/mol. The van der Waals surface area contributed by atoms with Crippen molar-refractivity contribution < 1.29 is 14.2 Å². The summed E-state index contributed by atoms with van der Waals surface area (Å²) in [7, 11) is 1.50. The second-order valence-electron chi connectivity index (χ2n) is 4.90. The highest BCUT2D eigenvalue weighted by Gasteiger charge is 2.12. The highest BCUT2D eigenvalue weighted by atomic mass is 35.5. The Kier molecular flexibility index (Phi) is 6.53. The number of nitrogens with zero attached hydrogens (tertiary/aromatic N) is 1. The summed E-state index contributed by atoms with van der Waals surface area (Å²) in [6, 6.07) is 12.9. The molecule has 2 aromatic rings. The van der Waals surface area contributed by atoms with Crippen molar-refractivity contribution in [1.82, 2.24) is 0 Å². The minimum atomic E-state index is 0.296. The third kappa shape index (κ3) is 4.43. The van der Waals surface area contributed by atoms with Gasteiger partial charge in [0.05, 0.1) is 23.8 Å². The van der Waals surface area contributed by atoms with E-state index in [1.807, 2.05) is 36.4 Å². The van der Waals surface area contributed by atoms with E-state index in [0.717, 1.165) is 17.7 Å². The molecule has 0 fully saturated rings. The Hall–Kier alpha value is -2.64. The maximum absolute atomic E-state index is 8.95. The van der Waals surface area contributed by atoms with E-state index in [-0.39, 0.29) is 0 Å². The van der Waals surface area contributed by atoms with Crippen LogP contribution in [-0.4, -0.2) is 20.3 Å². The van der Waals surface area contributed by atoms with Gasteiger partial charge in [0, 0.05) is 6.07 Å². The van der Waals surface area contributed by atoms with Crippen molar-refractivity contribution >= 4 is 11.6 Å². The second-order valence-corrected chi connectivity index (χ2v) is 5.31. The van der Waals surface area contributed by atoms with Crippen LogP contribution in [0, 0.1) is 11.3 Å². The third-order valence-electron chi connectivity index (χ3n) is 3.28. The van der Waals surface area contributed by atoms with Crippen molar-refractivity contribution in [2.75, 3.05) is 20.3 Å². The number of halogens is 1. The minimum absolute atomic E-state index is 0.296. The Labute approximate surface area is 146 Å². The first-order valence-corrected chi connectivity index (χ1v) is 7.79. The molecule has 2 aromatic carbocycles. The normalized spacial score (nSPS) is 9.88. The number of hydrogen-bond donors (Lipinski definition) is 0. The highest BCUT2D eigenvalue weighted by Crippen LogP contribution is 2.36. The monoisotopic (exact) mass is 343 g/mol. The maximum atomic E-state index is 8.95. The zero-order valence-corrected chi connectivity index (χ0v) is 14.2. The molecule has 0 aliphatic carbocycles. The molecule has 4 nitrogen and oxygen atoms in total. The lowest BCUT2D eigenvalue weighted by Crippen LogP contribution is -2.10. The Bertz CT molecular complexity index is 753. The van der Waals surface area contributed by atoms with Crippen LogP contribution < -0.4 is 14.2 Å². The molecule has 0 aromatic heterocycles. The first-order valence-electron chi connectivity index (χ1n) is 7.41. The molecule has 0 bridgehead atoms. The van der Waals surface area contributed by atoms with Gasteiger partial charge in [0.2, 0.25) is 0 Å². The molecule has 5 heteroatoms. The van der Waals surface area contributed by atoms with Crippen LogP contribution in [0.2, 0.25) is 5.02 Å². The van der Waals surface area contributed by atoms with E-state index < -0.39 is 0 Å². The van der Waals surface area contributed by atoms with E-state index >= 15 is 0 Å². The van der Waals surface area contributed by atoms with E-state index in [0.29, 0.717) is 35.3 Å². The predicted molar refractivity (Wildman–Crippen MR) is 94.1 cm³/mol. The number of benzene rings is 2. The molecular formula is C19H18ClNO3. The van der Waals surface area contributed by atoms with Crippen LogP contribution >= 0.6 is 11.6 Å². The molecule has 124 valence electrons. The number of para-hydroxylation sites is 1. The van der Waals surface area contributed by atoms with Gasteiger partial charge in [0.15, 0.2) is 11.5 Å². The standard InChI is InChI=1S/C19H18ClNO3/c1-3-6-15-7-4-5-8-17(15)23-9-10-24-19-16(20)11-14(13-21)12-18(19)22-2/h3-5,7-8,11-12H,1,6,9-10H2,2H3. The first kappa shape index (κ1) is 17.7. The van der Waals surface area contributed by atoms with E-state index in [1.165, 1.54) is 7.11 Å². The zero-order chi connectivity index (χ0) is 17.4. The molecule has 2 rings (SSSR count). The zero-order valence-electron chi connectivity index (χ0n) is 13.4. The molecule has 0 heterocycles. The number of methoxy groups -OCH3 is 1. The van der Waals surface area contributed by atoms with Crippen LogP contribution in [0.15, 0.2) is 49.1 Å². The summed E-state index contributed by atoms with van der Waals surface area (Å²) in [5.41, 5.74) is 1.49. The molecule has 0 atom stereocenters. The van der Waals surface area contributed by atoms with Crippen LogP contribution in [0.5, 0.6) is 17.2 Å². The average Bonchev–Trinajstić information content (AvgIpc) is 2.60. The number of allylic oxidation sites excluding steroid dienone is 1. The van der Waals surface area contributed by atoms with Crippen molar-refractivity contribution in [2.45, 2.75) is 6.42 Å². The molecule has 0 unspecified atom stereocenters. The van der Waals surface area contributed by atoms with E-state index in [1.54, 1.807) is 12.1 Å². The molecule has 0 aliphatic heterocycles. The molecule has 0 N–H and O–H groups in total. The number of rotatable bonds is 8. The quantitative estimate of drug-likeness (QED) is 0.526. The van der Waals surface area contributed by atoms with Crippen molar-refractivity contribution in [3.8, 4) is 23.3 Å². The topological polar surface area (TPSA) is 51.5 Å². The van der Waals surface area contributed by atoms with Gasteiger partial charge < -0.3 is 14.2 Å².